The summed E-state index contributed by atoms with van der Waals surface area (Å²) in [6.07, 6.45) is 0.169. The molecule has 1 aliphatic heterocycles. The van der Waals surface area contributed by atoms with E-state index in [4.69, 9.17) is 4.74 Å². The van der Waals surface area contributed by atoms with E-state index in [0.717, 1.165) is 43.1 Å². The molecule has 0 aliphatic carbocycles. The third-order valence-corrected chi connectivity index (χ3v) is 5.60. The second kappa shape index (κ2) is 10.8. The van der Waals surface area contributed by atoms with Crippen LogP contribution in [0.5, 0.6) is 5.75 Å². The minimum absolute atomic E-state index is 0.109. The van der Waals surface area contributed by atoms with E-state index in [1.54, 1.807) is 7.11 Å². The monoisotopic (exact) mass is 424 g/mol. The molecule has 1 heterocycles. The summed E-state index contributed by atoms with van der Waals surface area (Å²) in [4.78, 5) is 29.1. The number of amides is 2. The molecule has 1 aliphatic rings. The molecule has 3 rings (SSSR count). The Balaban J connectivity index is 1.63. The molecule has 2 aromatic rings. The lowest BCUT2D eigenvalue weighted by atomic mass is 10.0. The van der Waals surface area contributed by atoms with Gasteiger partial charge >= 0.3 is 0 Å². The fraction of sp³-hybridized carbons (Fsp3) is 0.417. The summed E-state index contributed by atoms with van der Waals surface area (Å²) in [5.74, 6) is 0.451. The Morgan fingerprint density at radius 2 is 1.71 bits per heavy atom. The molecule has 0 aromatic heterocycles. The highest BCUT2D eigenvalue weighted by Gasteiger charge is 2.19. The molecule has 0 bridgehead atoms. The molecule has 166 valence electrons. The van der Waals surface area contributed by atoms with Crippen molar-refractivity contribution < 1.29 is 14.3 Å². The van der Waals surface area contributed by atoms with Gasteiger partial charge in [-0.2, -0.15) is 0 Å². The lowest BCUT2D eigenvalue weighted by molar-refractivity contribution is -0.122. The van der Waals surface area contributed by atoms with Gasteiger partial charge in [0.1, 0.15) is 5.75 Å². The van der Waals surface area contributed by atoms with Crippen LogP contribution in [0.2, 0.25) is 0 Å². The quantitative estimate of drug-likeness (QED) is 0.681. The second-order valence-corrected chi connectivity index (χ2v) is 7.93. The van der Waals surface area contributed by atoms with E-state index in [1.807, 2.05) is 36.4 Å². The van der Waals surface area contributed by atoms with Crippen LogP contribution in [-0.4, -0.2) is 57.1 Å². The molecule has 1 atom stereocenters. The van der Waals surface area contributed by atoms with Gasteiger partial charge in [-0.3, -0.25) is 9.59 Å². The number of nitrogens with zero attached hydrogens (tertiary/aromatic N) is 2. The van der Waals surface area contributed by atoms with Gasteiger partial charge in [-0.1, -0.05) is 30.3 Å². The summed E-state index contributed by atoms with van der Waals surface area (Å²) in [7, 11) is 3.74. The van der Waals surface area contributed by atoms with Gasteiger partial charge < -0.3 is 25.2 Å². The van der Waals surface area contributed by atoms with Crippen LogP contribution >= 0.6 is 0 Å². The van der Waals surface area contributed by atoms with E-state index >= 15 is 0 Å². The number of carbonyl (C=O) groups is 2. The Kier molecular flexibility index (Phi) is 7.89. The highest BCUT2D eigenvalue weighted by molar-refractivity contribution is 5.79. The Bertz CT molecular complexity index is 877. The van der Waals surface area contributed by atoms with E-state index < -0.39 is 6.04 Å². The molecule has 1 unspecified atom stereocenters. The fourth-order valence-corrected chi connectivity index (χ4v) is 3.80. The first-order chi connectivity index (χ1) is 15.0. The van der Waals surface area contributed by atoms with Crippen molar-refractivity contribution in [1.29, 1.82) is 0 Å². The molecule has 2 aromatic carbocycles. The molecule has 2 N–H and O–H groups in total. The number of nitrogens with one attached hydrogen (secondary N) is 2. The Hall–Kier alpha value is -3.06. The Labute approximate surface area is 184 Å². The van der Waals surface area contributed by atoms with Crippen molar-refractivity contribution in [2.75, 3.05) is 45.2 Å². The molecule has 1 saturated heterocycles. The second-order valence-electron chi connectivity index (χ2n) is 7.93. The van der Waals surface area contributed by atoms with Crippen LogP contribution in [-0.2, 0) is 16.1 Å². The van der Waals surface area contributed by atoms with Crippen LogP contribution < -0.4 is 20.3 Å². The summed E-state index contributed by atoms with van der Waals surface area (Å²) >= 11 is 0. The topological polar surface area (TPSA) is 73.9 Å². The van der Waals surface area contributed by atoms with Gasteiger partial charge in [0.25, 0.3) is 0 Å². The molecule has 2 amide bonds. The van der Waals surface area contributed by atoms with E-state index in [0.29, 0.717) is 6.54 Å². The van der Waals surface area contributed by atoms with Gasteiger partial charge in [-0.05, 0) is 36.4 Å². The third-order valence-electron chi connectivity index (χ3n) is 5.60. The number of ether oxygens (including phenoxy) is 1. The predicted molar refractivity (Wildman–Crippen MR) is 122 cm³/mol. The number of hydrogen-bond acceptors (Lipinski definition) is 5. The predicted octanol–water partition coefficient (Wildman–Crippen LogP) is 2.33. The molecular weight excluding hydrogens is 392 g/mol. The number of anilines is 1. The number of likely N-dealkylation sites (N-methyl/N-ethyl adjacent to an activating group) is 1. The van der Waals surface area contributed by atoms with Gasteiger partial charge in [0.15, 0.2) is 0 Å². The van der Waals surface area contributed by atoms with E-state index in [9.17, 15) is 9.59 Å². The zero-order valence-electron chi connectivity index (χ0n) is 18.6. The van der Waals surface area contributed by atoms with Crippen LogP contribution in [0.1, 0.15) is 30.5 Å². The van der Waals surface area contributed by atoms with Crippen LogP contribution in [0.3, 0.4) is 0 Å². The first kappa shape index (κ1) is 22.6. The summed E-state index contributed by atoms with van der Waals surface area (Å²) in [5.41, 5.74) is 3.13. The zero-order chi connectivity index (χ0) is 22.2. The normalized spacial score (nSPS) is 15.3. The summed E-state index contributed by atoms with van der Waals surface area (Å²) in [6.45, 7) is 5.92. The standard InChI is InChI=1S/C24H32N4O3/c1-18(29)26-22(19-8-10-21(31-3)11-9-19)16-24(30)25-17-20-6-4-5-7-23(20)28-14-12-27(2)13-15-28/h4-11,22H,12-17H2,1-3H3,(H,25,30)(H,26,29). The Morgan fingerprint density at radius 1 is 1.03 bits per heavy atom. The fourth-order valence-electron chi connectivity index (χ4n) is 3.80. The smallest absolute Gasteiger partial charge is 0.222 e. The maximum atomic E-state index is 12.7. The summed E-state index contributed by atoms with van der Waals surface area (Å²) in [5, 5.41) is 5.91. The molecule has 31 heavy (non-hydrogen) atoms. The largest absolute Gasteiger partial charge is 0.497 e. The molecule has 1 fully saturated rings. The minimum Gasteiger partial charge on any atom is -0.497 e. The van der Waals surface area contributed by atoms with Crippen LogP contribution in [0, 0.1) is 0 Å². The summed E-state index contributed by atoms with van der Waals surface area (Å²) < 4.78 is 5.19. The number of carbonyl (C=O) groups excluding carboxylic acids is 2. The third kappa shape index (κ3) is 6.46. The summed E-state index contributed by atoms with van der Waals surface area (Å²) in [6, 6.07) is 15.2. The SMILES string of the molecule is COc1ccc(C(CC(=O)NCc2ccccc2N2CCN(C)CC2)NC(C)=O)cc1. The van der Waals surface area contributed by atoms with Crippen molar-refractivity contribution in [3.05, 3.63) is 59.7 Å². The number of hydrogen-bond donors (Lipinski definition) is 2. The first-order valence-corrected chi connectivity index (χ1v) is 10.7. The van der Waals surface area contributed by atoms with E-state index in [-0.39, 0.29) is 18.2 Å². The van der Waals surface area contributed by atoms with Crippen molar-refractivity contribution in [3.8, 4) is 5.75 Å². The van der Waals surface area contributed by atoms with Gasteiger partial charge in [0.2, 0.25) is 11.8 Å². The molecular formula is C24H32N4O3. The van der Waals surface area contributed by atoms with Gasteiger partial charge in [-0.25, -0.2) is 0 Å². The number of benzene rings is 2. The lowest BCUT2D eigenvalue weighted by Gasteiger charge is -2.35. The molecule has 0 spiro atoms. The van der Waals surface area contributed by atoms with Crippen molar-refractivity contribution in [1.82, 2.24) is 15.5 Å². The average molecular weight is 425 g/mol. The number of methoxy groups -OCH3 is 1. The minimum atomic E-state index is -0.392. The van der Waals surface area contributed by atoms with Crippen molar-refractivity contribution in [2.24, 2.45) is 0 Å². The van der Waals surface area contributed by atoms with Crippen LogP contribution in [0.4, 0.5) is 5.69 Å². The lowest BCUT2D eigenvalue weighted by Crippen LogP contribution is -2.45. The highest BCUT2D eigenvalue weighted by atomic mass is 16.5. The van der Waals surface area contributed by atoms with Gasteiger partial charge in [0, 0.05) is 45.3 Å². The van der Waals surface area contributed by atoms with E-state index in [2.05, 4.69) is 39.6 Å². The van der Waals surface area contributed by atoms with Crippen molar-refractivity contribution >= 4 is 17.5 Å². The molecule has 7 nitrogen and oxygen atoms in total. The number of para-hydroxylation sites is 1. The van der Waals surface area contributed by atoms with Gasteiger partial charge in [0.05, 0.1) is 19.6 Å². The number of piperazine rings is 1. The van der Waals surface area contributed by atoms with Gasteiger partial charge in [-0.15, -0.1) is 0 Å². The highest BCUT2D eigenvalue weighted by Crippen LogP contribution is 2.23. The van der Waals surface area contributed by atoms with Crippen molar-refractivity contribution in [2.45, 2.75) is 25.9 Å². The maximum absolute atomic E-state index is 12.7. The molecule has 0 saturated carbocycles. The van der Waals surface area contributed by atoms with E-state index in [1.165, 1.54) is 12.6 Å². The van der Waals surface area contributed by atoms with Crippen LogP contribution in [0.25, 0.3) is 0 Å². The zero-order valence-corrected chi connectivity index (χ0v) is 18.6. The molecule has 7 heteroatoms. The first-order valence-electron chi connectivity index (χ1n) is 10.7. The average Bonchev–Trinajstić information content (AvgIpc) is 2.78. The molecule has 0 radical (unpaired) electrons. The van der Waals surface area contributed by atoms with Crippen molar-refractivity contribution in [3.63, 3.8) is 0 Å². The maximum Gasteiger partial charge on any atom is 0.222 e. The number of rotatable bonds is 8. The Morgan fingerprint density at radius 3 is 2.35 bits per heavy atom. The van der Waals surface area contributed by atoms with Crippen LogP contribution in [0.15, 0.2) is 48.5 Å².